The SMILES string of the molecule is COC(=O)c1ccc(C(=O)Cc2cc3c4c(c2)CCCC4CCC3)cc1. The van der Waals surface area contributed by atoms with Crippen LogP contribution in [0.1, 0.15) is 74.6 Å². The number of methoxy groups -OCH3 is 1. The second-order valence-corrected chi connectivity index (χ2v) is 7.48. The predicted molar refractivity (Wildman–Crippen MR) is 101 cm³/mol. The second-order valence-electron chi connectivity index (χ2n) is 7.48. The molecule has 0 saturated heterocycles. The Balaban J connectivity index is 1.56. The van der Waals surface area contributed by atoms with Gasteiger partial charge in [-0.15, -0.1) is 0 Å². The van der Waals surface area contributed by atoms with Crippen LogP contribution in [0.2, 0.25) is 0 Å². The standard InChI is InChI=1S/C23H24O3/c1-26-23(25)18-10-8-16(9-11-18)21(24)14-15-12-19-6-2-4-17-5-3-7-20(13-15)22(17)19/h8-13,17H,2-7,14H2,1H3. The lowest BCUT2D eigenvalue weighted by Gasteiger charge is -2.32. The Morgan fingerprint density at radius 2 is 1.54 bits per heavy atom. The highest BCUT2D eigenvalue weighted by atomic mass is 16.5. The monoisotopic (exact) mass is 348 g/mol. The molecule has 0 unspecified atom stereocenters. The van der Waals surface area contributed by atoms with Gasteiger partial charge in [0.1, 0.15) is 0 Å². The number of aryl methyl sites for hydroxylation is 2. The molecule has 0 aliphatic heterocycles. The summed E-state index contributed by atoms with van der Waals surface area (Å²) in [6, 6.07) is 11.3. The summed E-state index contributed by atoms with van der Waals surface area (Å²) in [6.07, 6.45) is 7.90. The van der Waals surface area contributed by atoms with Gasteiger partial charge in [-0.05, 0) is 78.8 Å². The fourth-order valence-electron chi connectivity index (χ4n) is 4.60. The zero-order valence-electron chi connectivity index (χ0n) is 15.2. The highest BCUT2D eigenvalue weighted by Gasteiger charge is 2.27. The van der Waals surface area contributed by atoms with E-state index in [2.05, 4.69) is 12.1 Å². The van der Waals surface area contributed by atoms with Gasteiger partial charge in [0.15, 0.2) is 5.78 Å². The molecule has 0 aromatic heterocycles. The topological polar surface area (TPSA) is 43.4 Å². The summed E-state index contributed by atoms with van der Waals surface area (Å²) in [7, 11) is 1.36. The zero-order chi connectivity index (χ0) is 18.1. The normalized spacial score (nSPS) is 16.0. The van der Waals surface area contributed by atoms with E-state index in [1.807, 2.05) is 0 Å². The van der Waals surface area contributed by atoms with E-state index in [4.69, 9.17) is 4.74 Å². The lowest BCUT2D eigenvalue weighted by Crippen LogP contribution is -2.18. The first-order valence-electron chi connectivity index (χ1n) is 9.52. The summed E-state index contributed by atoms with van der Waals surface area (Å²) in [5.74, 6) is 0.460. The van der Waals surface area contributed by atoms with Crippen LogP contribution in [0.3, 0.4) is 0 Å². The molecule has 0 N–H and O–H groups in total. The molecule has 3 heteroatoms. The van der Waals surface area contributed by atoms with E-state index in [9.17, 15) is 9.59 Å². The minimum absolute atomic E-state index is 0.0942. The van der Waals surface area contributed by atoms with Gasteiger partial charge in [-0.25, -0.2) is 4.79 Å². The van der Waals surface area contributed by atoms with Crippen molar-refractivity contribution in [3.8, 4) is 0 Å². The van der Waals surface area contributed by atoms with Crippen molar-refractivity contribution < 1.29 is 14.3 Å². The third-order valence-corrected chi connectivity index (χ3v) is 5.81. The summed E-state index contributed by atoms with van der Waals surface area (Å²) in [5.41, 5.74) is 6.78. The molecule has 0 spiro atoms. The lowest BCUT2D eigenvalue weighted by molar-refractivity contribution is 0.0600. The van der Waals surface area contributed by atoms with Crippen molar-refractivity contribution >= 4 is 11.8 Å². The van der Waals surface area contributed by atoms with E-state index in [0.29, 0.717) is 17.5 Å². The molecule has 2 aromatic carbocycles. The summed E-state index contributed by atoms with van der Waals surface area (Å²) in [5, 5.41) is 0. The van der Waals surface area contributed by atoms with Gasteiger partial charge < -0.3 is 4.74 Å². The third kappa shape index (κ3) is 3.18. The number of ether oxygens (including phenoxy) is 1. The van der Waals surface area contributed by atoms with Crippen molar-refractivity contribution in [2.24, 2.45) is 0 Å². The summed E-state index contributed by atoms with van der Waals surface area (Å²) in [6.45, 7) is 0. The van der Waals surface area contributed by atoms with Crippen LogP contribution in [0.25, 0.3) is 0 Å². The number of hydrogen-bond acceptors (Lipinski definition) is 3. The maximum atomic E-state index is 12.7. The van der Waals surface area contributed by atoms with E-state index in [1.165, 1.54) is 43.9 Å². The maximum absolute atomic E-state index is 12.7. The van der Waals surface area contributed by atoms with Crippen LogP contribution in [0.15, 0.2) is 36.4 Å². The van der Waals surface area contributed by atoms with Gasteiger partial charge in [0.05, 0.1) is 12.7 Å². The van der Waals surface area contributed by atoms with Gasteiger partial charge in [0.2, 0.25) is 0 Å². The number of benzene rings is 2. The van der Waals surface area contributed by atoms with Gasteiger partial charge in [-0.3, -0.25) is 4.79 Å². The number of ketones is 1. The highest BCUT2D eigenvalue weighted by molar-refractivity contribution is 5.98. The number of hydrogen-bond donors (Lipinski definition) is 0. The molecule has 2 aliphatic rings. The molecule has 0 radical (unpaired) electrons. The Bertz CT molecular complexity index is 817. The first-order chi connectivity index (χ1) is 12.7. The lowest BCUT2D eigenvalue weighted by atomic mass is 9.72. The fourth-order valence-corrected chi connectivity index (χ4v) is 4.60. The summed E-state index contributed by atoms with van der Waals surface area (Å²) >= 11 is 0. The number of Topliss-reactive ketones (excluding diaryl/α,β-unsaturated/α-hetero) is 1. The molecule has 0 bridgehead atoms. The Morgan fingerprint density at radius 1 is 0.962 bits per heavy atom. The smallest absolute Gasteiger partial charge is 0.337 e. The van der Waals surface area contributed by atoms with Gasteiger partial charge in [-0.2, -0.15) is 0 Å². The molecule has 3 nitrogen and oxygen atoms in total. The third-order valence-electron chi connectivity index (χ3n) is 5.81. The Labute approximate surface area is 154 Å². The molecule has 26 heavy (non-hydrogen) atoms. The number of esters is 1. The van der Waals surface area contributed by atoms with Gasteiger partial charge in [-0.1, -0.05) is 24.3 Å². The van der Waals surface area contributed by atoms with Gasteiger partial charge >= 0.3 is 5.97 Å². The second kappa shape index (κ2) is 7.06. The molecule has 0 saturated carbocycles. The molecule has 0 heterocycles. The van der Waals surface area contributed by atoms with Crippen molar-refractivity contribution in [3.63, 3.8) is 0 Å². The molecule has 4 rings (SSSR count). The molecular weight excluding hydrogens is 324 g/mol. The van der Waals surface area contributed by atoms with Crippen LogP contribution in [0.5, 0.6) is 0 Å². The fraction of sp³-hybridized carbons (Fsp3) is 0.391. The van der Waals surface area contributed by atoms with E-state index in [-0.39, 0.29) is 11.8 Å². The van der Waals surface area contributed by atoms with E-state index < -0.39 is 0 Å². The van der Waals surface area contributed by atoms with Crippen LogP contribution in [-0.4, -0.2) is 18.9 Å². The Kier molecular flexibility index (Phi) is 4.62. The number of carbonyl (C=O) groups is 2. The molecule has 0 amide bonds. The zero-order valence-corrected chi connectivity index (χ0v) is 15.2. The summed E-state index contributed by atoms with van der Waals surface area (Å²) < 4.78 is 4.70. The van der Waals surface area contributed by atoms with Crippen molar-refractivity contribution in [1.82, 2.24) is 0 Å². The van der Waals surface area contributed by atoms with Crippen LogP contribution in [0, 0.1) is 0 Å². The molecule has 134 valence electrons. The van der Waals surface area contributed by atoms with Crippen LogP contribution < -0.4 is 0 Å². The maximum Gasteiger partial charge on any atom is 0.337 e. The number of rotatable bonds is 4. The van der Waals surface area contributed by atoms with Crippen molar-refractivity contribution in [2.45, 2.75) is 50.9 Å². The largest absolute Gasteiger partial charge is 0.465 e. The highest BCUT2D eigenvalue weighted by Crippen LogP contribution is 2.41. The Morgan fingerprint density at radius 3 is 2.12 bits per heavy atom. The van der Waals surface area contributed by atoms with E-state index in [1.54, 1.807) is 29.8 Å². The minimum atomic E-state index is -0.382. The predicted octanol–water partition coefficient (Wildman–Crippen LogP) is 4.65. The molecule has 2 aliphatic carbocycles. The quantitative estimate of drug-likeness (QED) is 0.596. The molecule has 2 aromatic rings. The Hall–Kier alpha value is -2.42. The van der Waals surface area contributed by atoms with Crippen LogP contribution in [0.4, 0.5) is 0 Å². The van der Waals surface area contributed by atoms with Crippen LogP contribution >= 0.6 is 0 Å². The van der Waals surface area contributed by atoms with Crippen molar-refractivity contribution in [2.75, 3.05) is 7.11 Å². The van der Waals surface area contributed by atoms with Gasteiger partial charge in [0.25, 0.3) is 0 Å². The van der Waals surface area contributed by atoms with Crippen molar-refractivity contribution in [3.05, 3.63) is 69.8 Å². The average Bonchev–Trinajstić information content (AvgIpc) is 2.68. The minimum Gasteiger partial charge on any atom is -0.465 e. The first kappa shape index (κ1) is 17.0. The van der Waals surface area contributed by atoms with Gasteiger partial charge in [0, 0.05) is 12.0 Å². The molecular formula is C23H24O3. The first-order valence-corrected chi connectivity index (χ1v) is 9.52. The van der Waals surface area contributed by atoms with Crippen molar-refractivity contribution in [1.29, 1.82) is 0 Å². The van der Waals surface area contributed by atoms with Crippen LogP contribution in [-0.2, 0) is 24.0 Å². The molecule has 0 atom stereocenters. The molecule has 0 fully saturated rings. The number of carbonyl (C=O) groups excluding carboxylic acids is 2. The summed E-state index contributed by atoms with van der Waals surface area (Å²) in [4.78, 5) is 24.2. The average molecular weight is 348 g/mol. The van der Waals surface area contributed by atoms with E-state index >= 15 is 0 Å². The van der Waals surface area contributed by atoms with E-state index in [0.717, 1.165) is 24.3 Å².